The molecule has 1 saturated heterocycles. The van der Waals surface area contributed by atoms with Crippen LogP contribution in [-0.2, 0) is 29.8 Å². The smallest absolute Gasteiger partial charge is 0.225 e. The number of benzene rings is 3. The van der Waals surface area contributed by atoms with Crippen molar-refractivity contribution in [3.63, 3.8) is 0 Å². The van der Waals surface area contributed by atoms with Crippen LogP contribution in [0.5, 0.6) is 0 Å². The van der Waals surface area contributed by atoms with E-state index in [0.717, 1.165) is 45.6 Å². The Balaban J connectivity index is 1.23. The number of likely N-dealkylation sites (tertiary alicyclic amines) is 1. The van der Waals surface area contributed by atoms with Crippen LogP contribution in [-0.4, -0.2) is 30.4 Å². The van der Waals surface area contributed by atoms with Crippen molar-refractivity contribution in [3.8, 4) is 11.1 Å². The largest absolute Gasteiger partial charge is 0.367 e. The Morgan fingerprint density at radius 2 is 1.67 bits per heavy atom. The number of nitrogens with zero attached hydrogens (tertiary/aromatic N) is 2. The quantitative estimate of drug-likeness (QED) is 0.636. The van der Waals surface area contributed by atoms with Gasteiger partial charge >= 0.3 is 0 Å². The SMILES string of the molecule is CCN1Cc2ccccc2-c2cc(CN3CCC4(CC3)NC(=O)Cc3ccccc34)ccc21. The maximum absolute atomic E-state index is 12.4. The van der Waals surface area contributed by atoms with Gasteiger partial charge in [0.2, 0.25) is 5.91 Å². The van der Waals surface area contributed by atoms with Gasteiger partial charge in [-0.3, -0.25) is 9.69 Å². The second-order valence-corrected chi connectivity index (χ2v) is 9.76. The lowest BCUT2D eigenvalue weighted by molar-refractivity contribution is -0.124. The van der Waals surface area contributed by atoms with Crippen molar-refractivity contribution in [1.29, 1.82) is 0 Å². The van der Waals surface area contributed by atoms with Crippen LogP contribution in [0.3, 0.4) is 0 Å². The summed E-state index contributed by atoms with van der Waals surface area (Å²) >= 11 is 0. The fourth-order valence-corrected chi connectivity index (χ4v) is 6.11. The van der Waals surface area contributed by atoms with Gasteiger partial charge in [-0.2, -0.15) is 0 Å². The van der Waals surface area contributed by atoms with Gasteiger partial charge in [0.25, 0.3) is 0 Å². The number of piperidine rings is 1. The summed E-state index contributed by atoms with van der Waals surface area (Å²) < 4.78 is 0. The van der Waals surface area contributed by atoms with E-state index in [4.69, 9.17) is 0 Å². The minimum Gasteiger partial charge on any atom is -0.367 e. The Kier molecular flexibility index (Phi) is 4.99. The molecule has 1 N–H and O–H groups in total. The molecule has 3 aromatic carbocycles. The first-order chi connectivity index (χ1) is 16.1. The standard InChI is InChI=1S/C29H31N3O/c1-2-32-20-23-8-3-5-9-24(23)25-17-21(11-12-27(25)32)19-31-15-13-29(14-16-31)26-10-6-4-7-22(26)18-28(33)30-29/h3-12,17H,2,13-16,18-20H2,1H3,(H,30,33). The predicted octanol–water partition coefficient (Wildman–Crippen LogP) is 4.86. The van der Waals surface area contributed by atoms with Crippen LogP contribution in [0.1, 0.15) is 42.0 Å². The summed E-state index contributed by atoms with van der Waals surface area (Å²) in [7, 11) is 0. The number of nitrogens with one attached hydrogen (secondary N) is 1. The highest BCUT2D eigenvalue weighted by Crippen LogP contribution is 2.41. The molecule has 4 heteroatoms. The molecule has 0 saturated carbocycles. The van der Waals surface area contributed by atoms with Crippen molar-refractivity contribution in [2.45, 2.75) is 44.8 Å². The summed E-state index contributed by atoms with van der Waals surface area (Å²) in [5, 5.41) is 3.36. The van der Waals surface area contributed by atoms with E-state index in [1.165, 1.54) is 39.1 Å². The molecule has 0 aromatic heterocycles. The summed E-state index contributed by atoms with van der Waals surface area (Å²) in [4.78, 5) is 17.4. The zero-order chi connectivity index (χ0) is 22.4. The topological polar surface area (TPSA) is 35.6 Å². The fraction of sp³-hybridized carbons (Fsp3) is 0.345. The van der Waals surface area contributed by atoms with E-state index in [-0.39, 0.29) is 11.4 Å². The highest BCUT2D eigenvalue weighted by molar-refractivity contribution is 5.84. The molecule has 3 aliphatic rings. The third-order valence-electron chi connectivity index (χ3n) is 7.83. The maximum atomic E-state index is 12.4. The molecule has 1 amide bonds. The molecular weight excluding hydrogens is 406 g/mol. The lowest BCUT2D eigenvalue weighted by Crippen LogP contribution is -2.56. The van der Waals surface area contributed by atoms with Crippen molar-refractivity contribution in [3.05, 3.63) is 89.0 Å². The molecule has 168 valence electrons. The molecule has 1 fully saturated rings. The van der Waals surface area contributed by atoms with Crippen molar-refractivity contribution >= 4 is 11.6 Å². The second kappa shape index (κ2) is 8.03. The number of hydrogen-bond acceptors (Lipinski definition) is 3. The Morgan fingerprint density at radius 3 is 2.48 bits per heavy atom. The Bertz CT molecular complexity index is 1210. The fourth-order valence-electron chi connectivity index (χ4n) is 6.11. The predicted molar refractivity (Wildman–Crippen MR) is 133 cm³/mol. The number of amides is 1. The molecule has 0 aliphatic carbocycles. The van der Waals surface area contributed by atoms with Gasteiger partial charge < -0.3 is 10.2 Å². The van der Waals surface area contributed by atoms with Crippen molar-refractivity contribution in [2.75, 3.05) is 24.5 Å². The molecule has 3 heterocycles. The van der Waals surface area contributed by atoms with Crippen LogP contribution in [0, 0.1) is 0 Å². The van der Waals surface area contributed by atoms with Crippen LogP contribution in [0.4, 0.5) is 5.69 Å². The Morgan fingerprint density at radius 1 is 0.909 bits per heavy atom. The average molecular weight is 438 g/mol. The molecule has 0 unspecified atom stereocenters. The molecular formula is C29H31N3O. The van der Waals surface area contributed by atoms with Crippen LogP contribution < -0.4 is 10.2 Å². The van der Waals surface area contributed by atoms with Gasteiger partial charge in [0.05, 0.1) is 12.0 Å². The van der Waals surface area contributed by atoms with Crippen molar-refractivity contribution in [2.24, 2.45) is 0 Å². The van der Waals surface area contributed by atoms with E-state index >= 15 is 0 Å². The van der Waals surface area contributed by atoms with E-state index in [1.807, 2.05) is 6.07 Å². The Labute approximate surface area is 196 Å². The molecule has 33 heavy (non-hydrogen) atoms. The summed E-state index contributed by atoms with van der Waals surface area (Å²) in [6.07, 6.45) is 2.44. The molecule has 3 aromatic rings. The summed E-state index contributed by atoms with van der Waals surface area (Å²) in [6.45, 7) is 7.17. The summed E-state index contributed by atoms with van der Waals surface area (Å²) in [5.74, 6) is 0.163. The first-order valence-electron chi connectivity index (χ1n) is 12.2. The maximum Gasteiger partial charge on any atom is 0.225 e. The Hall–Kier alpha value is -3.11. The third-order valence-corrected chi connectivity index (χ3v) is 7.83. The van der Waals surface area contributed by atoms with Gasteiger partial charge in [-0.25, -0.2) is 0 Å². The first kappa shape index (κ1) is 20.5. The van der Waals surface area contributed by atoms with Gasteiger partial charge in [0, 0.05) is 44.0 Å². The molecule has 1 spiro atoms. The lowest BCUT2D eigenvalue weighted by atomic mass is 9.75. The monoisotopic (exact) mass is 437 g/mol. The van der Waals surface area contributed by atoms with Crippen molar-refractivity contribution in [1.82, 2.24) is 10.2 Å². The number of carbonyl (C=O) groups is 1. The van der Waals surface area contributed by atoms with Gasteiger partial charge in [-0.1, -0.05) is 54.6 Å². The van der Waals surface area contributed by atoms with E-state index in [0.29, 0.717) is 6.42 Å². The van der Waals surface area contributed by atoms with Crippen LogP contribution in [0.25, 0.3) is 11.1 Å². The van der Waals surface area contributed by atoms with E-state index in [1.54, 1.807) is 0 Å². The van der Waals surface area contributed by atoms with E-state index in [9.17, 15) is 4.79 Å². The number of fused-ring (bicyclic) bond motifs is 5. The minimum atomic E-state index is -0.196. The first-order valence-corrected chi connectivity index (χ1v) is 12.2. The lowest BCUT2D eigenvalue weighted by Gasteiger charge is -2.45. The van der Waals surface area contributed by atoms with Gasteiger partial charge in [0.1, 0.15) is 0 Å². The molecule has 0 atom stereocenters. The number of carbonyl (C=O) groups excluding carboxylic acids is 1. The summed E-state index contributed by atoms with van der Waals surface area (Å²) in [5.41, 5.74) is 9.19. The third kappa shape index (κ3) is 3.53. The number of hydrogen-bond donors (Lipinski definition) is 1. The van der Waals surface area contributed by atoms with Crippen LogP contribution in [0.15, 0.2) is 66.7 Å². The molecule has 0 radical (unpaired) electrons. The highest BCUT2D eigenvalue weighted by atomic mass is 16.1. The van der Waals surface area contributed by atoms with Crippen molar-refractivity contribution < 1.29 is 4.79 Å². The van der Waals surface area contributed by atoms with Crippen LogP contribution >= 0.6 is 0 Å². The van der Waals surface area contributed by atoms with E-state index < -0.39 is 0 Å². The van der Waals surface area contributed by atoms with Crippen LogP contribution in [0.2, 0.25) is 0 Å². The molecule has 0 bridgehead atoms. The normalized spacial score (nSPS) is 18.9. The zero-order valence-electron chi connectivity index (χ0n) is 19.3. The zero-order valence-corrected chi connectivity index (χ0v) is 19.3. The van der Waals surface area contributed by atoms with Gasteiger partial charge in [-0.15, -0.1) is 0 Å². The molecule has 4 nitrogen and oxygen atoms in total. The minimum absolute atomic E-state index is 0.163. The number of rotatable bonds is 3. The highest BCUT2D eigenvalue weighted by Gasteiger charge is 2.41. The van der Waals surface area contributed by atoms with Gasteiger partial charge in [0.15, 0.2) is 0 Å². The summed E-state index contributed by atoms with van der Waals surface area (Å²) in [6, 6.07) is 24.3. The van der Waals surface area contributed by atoms with Gasteiger partial charge in [-0.05, 0) is 59.7 Å². The van der Waals surface area contributed by atoms with E-state index in [2.05, 4.69) is 82.7 Å². The molecule has 6 rings (SSSR count). The second-order valence-electron chi connectivity index (χ2n) is 9.76. The number of anilines is 1. The molecule has 3 aliphatic heterocycles. The average Bonchev–Trinajstić information content (AvgIpc) is 2.85.